The van der Waals surface area contributed by atoms with Gasteiger partial charge in [0.2, 0.25) is 5.91 Å². The maximum absolute atomic E-state index is 12.6. The van der Waals surface area contributed by atoms with E-state index in [0.717, 1.165) is 12.1 Å². The van der Waals surface area contributed by atoms with Crippen LogP contribution >= 0.6 is 0 Å². The summed E-state index contributed by atoms with van der Waals surface area (Å²) in [6, 6.07) is 5.28. The van der Waals surface area contributed by atoms with E-state index in [0.29, 0.717) is 57.6 Å². The lowest BCUT2D eigenvalue weighted by Gasteiger charge is -2.22. The zero-order chi connectivity index (χ0) is 18.4. The van der Waals surface area contributed by atoms with Gasteiger partial charge in [-0.3, -0.25) is 9.69 Å². The van der Waals surface area contributed by atoms with Gasteiger partial charge in [0.15, 0.2) is 11.5 Å². The van der Waals surface area contributed by atoms with Crippen LogP contribution in [0, 0.1) is 0 Å². The number of nitrogens with one attached hydrogen (secondary N) is 1. The monoisotopic (exact) mass is 363 g/mol. The molecule has 8 heteroatoms. The number of amides is 3. The molecule has 1 fully saturated rings. The van der Waals surface area contributed by atoms with Gasteiger partial charge in [0.05, 0.1) is 0 Å². The highest BCUT2D eigenvalue weighted by Gasteiger charge is 2.31. The van der Waals surface area contributed by atoms with Crippen LogP contribution in [0.5, 0.6) is 11.5 Å². The van der Waals surface area contributed by atoms with Gasteiger partial charge in [-0.2, -0.15) is 0 Å². The predicted octanol–water partition coefficient (Wildman–Crippen LogP) is 1.24. The minimum Gasteiger partial charge on any atom is -0.486 e. The van der Waals surface area contributed by atoms with E-state index in [1.165, 1.54) is 0 Å². The lowest BCUT2D eigenvalue weighted by Crippen LogP contribution is -2.40. The summed E-state index contributed by atoms with van der Waals surface area (Å²) >= 11 is 0. The van der Waals surface area contributed by atoms with Crippen molar-refractivity contribution in [1.82, 2.24) is 10.2 Å². The Bertz CT molecular complexity index is 652. The number of hydrogen-bond acceptors (Lipinski definition) is 5. The summed E-state index contributed by atoms with van der Waals surface area (Å²) in [6.45, 7) is 5.92. The first kappa shape index (κ1) is 18.3. The third kappa shape index (κ3) is 4.37. The van der Waals surface area contributed by atoms with Crippen LogP contribution in [0.3, 0.4) is 0 Å². The predicted molar refractivity (Wildman–Crippen MR) is 95.9 cm³/mol. The first-order valence-corrected chi connectivity index (χ1v) is 8.99. The molecule has 0 unspecified atom stereocenters. The van der Waals surface area contributed by atoms with E-state index in [9.17, 15) is 9.59 Å². The van der Waals surface area contributed by atoms with E-state index < -0.39 is 0 Å². The van der Waals surface area contributed by atoms with Gasteiger partial charge < -0.3 is 24.4 Å². The molecular formula is C18H25N3O5. The van der Waals surface area contributed by atoms with Gasteiger partial charge in [-0.15, -0.1) is 0 Å². The summed E-state index contributed by atoms with van der Waals surface area (Å²) in [5.74, 6) is 1.18. The van der Waals surface area contributed by atoms with Crippen molar-refractivity contribution >= 4 is 17.6 Å². The highest BCUT2D eigenvalue weighted by molar-refractivity contribution is 5.96. The van der Waals surface area contributed by atoms with E-state index in [4.69, 9.17) is 14.2 Å². The Morgan fingerprint density at radius 1 is 1.23 bits per heavy atom. The molecule has 2 aliphatic heterocycles. The molecule has 0 bridgehead atoms. The second-order valence-corrected chi connectivity index (χ2v) is 6.08. The number of anilines is 1. The van der Waals surface area contributed by atoms with E-state index in [2.05, 4.69) is 5.32 Å². The first-order chi connectivity index (χ1) is 12.7. The molecule has 1 aromatic carbocycles. The molecule has 0 spiro atoms. The van der Waals surface area contributed by atoms with Crippen LogP contribution in [0.25, 0.3) is 0 Å². The van der Waals surface area contributed by atoms with Crippen molar-refractivity contribution in [2.24, 2.45) is 0 Å². The van der Waals surface area contributed by atoms with Gasteiger partial charge >= 0.3 is 6.03 Å². The molecule has 2 heterocycles. The number of benzene rings is 1. The standard InChI is InChI=1S/C18H25N3O5/c1-2-24-9-3-6-19-17(22)13-20-7-8-21(18(20)23)14-4-5-15-16(12-14)26-11-10-25-15/h4-5,12H,2-3,6-11,13H2,1H3,(H,19,22). The number of carbonyl (C=O) groups is 2. The fraction of sp³-hybridized carbons (Fsp3) is 0.556. The van der Waals surface area contributed by atoms with Crippen molar-refractivity contribution in [2.75, 3.05) is 57.5 Å². The number of nitrogens with zero attached hydrogens (tertiary/aromatic N) is 2. The molecule has 0 aliphatic carbocycles. The fourth-order valence-corrected chi connectivity index (χ4v) is 2.94. The smallest absolute Gasteiger partial charge is 0.325 e. The van der Waals surface area contributed by atoms with E-state index in [-0.39, 0.29) is 18.5 Å². The van der Waals surface area contributed by atoms with E-state index in [1.807, 2.05) is 25.1 Å². The Morgan fingerprint density at radius 2 is 2.04 bits per heavy atom. The molecule has 8 nitrogen and oxygen atoms in total. The molecule has 0 radical (unpaired) electrons. The van der Waals surface area contributed by atoms with Crippen LogP contribution in [0.1, 0.15) is 13.3 Å². The first-order valence-electron chi connectivity index (χ1n) is 8.99. The van der Waals surface area contributed by atoms with Crippen molar-refractivity contribution in [2.45, 2.75) is 13.3 Å². The van der Waals surface area contributed by atoms with Gasteiger partial charge in [-0.05, 0) is 25.5 Å². The van der Waals surface area contributed by atoms with Crippen LogP contribution in [0.4, 0.5) is 10.5 Å². The second kappa shape index (κ2) is 8.75. The van der Waals surface area contributed by atoms with Crippen molar-refractivity contribution < 1.29 is 23.8 Å². The van der Waals surface area contributed by atoms with Crippen LogP contribution in [0.2, 0.25) is 0 Å². The molecular weight excluding hydrogens is 338 g/mol. The zero-order valence-corrected chi connectivity index (χ0v) is 15.0. The Labute approximate surface area is 153 Å². The number of carbonyl (C=O) groups excluding carboxylic acids is 2. The van der Waals surface area contributed by atoms with Crippen LogP contribution in [-0.2, 0) is 9.53 Å². The average Bonchev–Trinajstić information content (AvgIpc) is 3.01. The van der Waals surface area contributed by atoms with E-state index >= 15 is 0 Å². The summed E-state index contributed by atoms with van der Waals surface area (Å²) in [6.07, 6.45) is 0.761. The topological polar surface area (TPSA) is 80.3 Å². The highest BCUT2D eigenvalue weighted by atomic mass is 16.6. The van der Waals surface area contributed by atoms with Gasteiger partial charge in [0.1, 0.15) is 19.8 Å². The van der Waals surface area contributed by atoms with Crippen molar-refractivity contribution in [3.05, 3.63) is 18.2 Å². The molecule has 1 N–H and O–H groups in total. The lowest BCUT2D eigenvalue weighted by molar-refractivity contribution is -0.121. The normalized spacial score (nSPS) is 16.1. The Morgan fingerprint density at radius 3 is 2.85 bits per heavy atom. The fourth-order valence-electron chi connectivity index (χ4n) is 2.94. The maximum Gasteiger partial charge on any atom is 0.325 e. The molecule has 3 rings (SSSR count). The summed E-state index contributed by atoms with van der Waals surface area (Å²) in [7, 11) is 0. The van der Waals surface area contributed by atoms with Gasteiger partial charge in [0.25, 0.3) is 0 Å². The lowest BCUT2D eigenvalue weighted by atomic mass is 10.2. The van der Waals surface area contributed by atoms with Gasteiger partial charge in [0, 0.05) is 44.6 Å². The number of hydrogen-bond donors (Lipinski definition) is 1. The molecule has 0 aromatic heterocycles. The molecule has 2 aliphatic rings. The summed E-state index contributed by atoms with van der Waals surface area (Å²) in [4.78, 5) is 27.8. The minimum absolute atomic E-state index is 0.0640. The molecule has 0 saturated carbocycles. The summed E-state index contributed by atoms with van der Waals surface area (Å²) < 4.78 is 16.3. The van der Waals surface area contributed by atoms with Crippen LogP contribution in [-0.4, -0.2) is 69.4 Å². The van der Waals surface area contributed by atoms with Crippen molar-refractivity contribution in [1.29, 1.82) is 0 Å². The SMILES string of the molecule is CCOCCCNC(=O)CN1CCN(c2ccc3c(c2)OCCO3)C1=O. The maximum atomic E-state index is 12.6. The molecule has 3 amide bonds. The number of ether oxygens (including phenoxy) is 3. The van der Waals surface area contributed by atoms with Gasteiger partial charge in [-0.1, -0.05) is 0 Å². The number of fused-ring (bicyclic) bond motifs is 1. The summed E-state index contributed by atoms with van der Waals surface area (Å²) in [5.41, 5.74) is 0.749. The average molecular weight is 363 g/mol. The molecule has 0 atom stereocenters. The molecule has 1 aromatic rings. The zero-order valence-electron chi connectivity index (χ0n) is 15.0. The third-order valence-electron chi connectivity index (χ3n) is 4.26. The Hall–Kier alpha value is -2.48. The summed E-state index contributed by atoms with van der Waals surface area (Å²) in [5, 5.41) is 2.82. The van der Waals surface area contributed by atoms with Gasteiger partial charge in [-0.25, -0.2) is 4.79 Å². The third-order valence-corrected chi connectivity index (χ3v) is 4.26. The van der Waals surface area contributed by atoms with Crippen molar-refractivity contribution in [3.8, 4) is 11.5 Å². The number of rotatable bonds is 8. The van der Waals surface area contributed by atoms with Crippen LogP contribution < -0.4 is 19.7 Å². The second-order valence-electron chi connectivity index (χ2n) is 6.08. The quantitative estimate of drug-likeness (QED) is 0.703. The van der Waals surface area contributed by atoms with Crippen molar-refractivity contribution in [3.63, 3.8) is 0 Å². The largest absolute Gasteiger partial charge is 0.486 e. The minimum atomic E-state index is -0.175. The van der Waals surface area contributed by atoms with E-state index in [1.54, 1.807) is 9.80 Å². The highest BCUT2D eigenvalue weighted by Crippen LogP contribution is 2.34. The molecule has 142 valence electrons. The molecule has 26 heavy (non-hydrogen) atoms. The number of urea groups is 1. The Balaban J connectivity index is 1.51. The Kier molecular flexibility index (Phi) is 6.17. The molecule has 1 saturated heterocycles. The van der Waals surface area contributed by atoms with Crippen LogP contribution in [0.15, 0.2) is 18.2 Å².